The van der Waals surface area contributed by atoms with Crippen molar-refractivity contribution >= 4 is 10.0 Å². The van der Waals surface area contributed by atoms with Crippen LogP contribution in [0, 0.1) is 0 Å². The second-order valence-corrected chi connectivity index (χ2v) is 5.98. The molecule has 0 aromatic carbocycles. The van der Waals surface area contributed by atoms with Gasteiger partial charge in [0.05, 0.1) is 5.25 Å². The molecular formula is C9H20N2O2S. The van der Waals surface area contributed by atoms with Crippen LogP contribution in [0.5, 0.6) is 0 Å². The summed E-state index contributed by atoms with van der Waals surface area (Å²) in [6.07, 6.45) is 8.30. The van der Waals surface area contributed by atoms with Crippen LogP contribution in [-0.2, 0) is 10.0 Å². The van der Waals surface area contributed by atoms with Crippen molar-refractivity contribution in [2.45, 2.75) is 56.6 Å². The molecule has 0 radical (unpaired) electrons. The Morgan fingerprint density at radius 2 is 1.36 bits per heavy atom. The van der Waals surface area contributed by atoms with Crippen LogP contribution in [-0.4, -0.2) is 13.7 Å². The summed E-state index contributed by atoms with van der Waals surface area (Å²) in [5.41, 5.74) is 0. The molecule has 4 nitrogen and oxygen atoms in total. The van der Waals surface area contributed by atoms with Crippen molar-refractivity contribution in [3.8, 4) is 0 Å². The van der Waals surface area contributed by atoms with E-state index >= 15 is 0 Å². The largest absolute Gasteiger partial charge is 0.258 e. The Labute approximate surface area is 86.3 Å². The topological polar surface area (TPSA) is 72.2 Å². The molecule has 14 heavy (non-hydrogen) atoms. The third kappa shape index (κ3) is 3.55. The number of hydrazine groups is 1. The molecule has 0 atom stereocenters. The van der Waals surface area contributed by atoms with Crippen molar-refractivity contribution < 1.29 is 8.42 Å². The number of nitrogens with two attached hydrogens (primary N) is 1. The average molecular weight is 220 g/mol. The lowest BCUT2D eigenvalue weighted by Gasteiger charge is -2.15. The van der Waals surface area contributed by atoms with Crippen LogP contribution in [0.4, 0.5) is 0 Å². The molecule has 0 aromatic heterocycles. The molecule has 3 N–H and O–H groups in total. The molecule has 0 aromatic rings. The summed E-state index contributed by atoms with van der Waals surface area (Å²) in [5, 5.41) is -0.273. The van der Waals surface area contributed by atoms with Gasteiger partial charge in [0.25, 0.3) is 0 Å². The molecule has 0 saturated heterocycles. The molecule has 0 aliphatic heterocycles. The van der Waals surface area contributed by atoms with E-state index in [1.165, 1.54) is 12.8 Å². The van der Waals surface area contributed by atoms with Crippen LogP contribution < -0.4 is 10.7 Å². The summed E-state index contributed by atoms with van der Waals surface area (Å²) < 4.78 is 23.0. The molecule has 5 heteroatoms. The van der Waals surface area contributed by atoms with Crippen molar-refractivity contribution in [2.24, 2.45) is 5.84 Å². The maximum absolute atomic E-state index is 11.5. The van der Waals surface area contributed by atoms with Crippen LogP contribution in [0.2, 0.25) is 0 Å². The molecule has 1 fully saturated rings. The fourth-order valence-corrected chi connectivity index (χ4v) is 3.15. The second-order valence-electron chi connectivity index (χ2n) is 3.98. The minimum Gasteiger partial charge on any atom is -0.258 e. The molecule has 0 heterocycles. The van der Waals surface area contributed by atoms with E-state index in [-0.39, 0.29) is 5.25 Å². The lowest BCUT2D eigenvalue weighted by molar-refractivity contribution is 0.536. The van der Waals surface area contributed by atoms with Gasteiger partial charge in [0.15, 0.2) is 0 Å². The third-order valence-electron chi connectivity index (χ3n) is 2.91. The Bertz CT molecular complexity index is 242. The number of sulfonamides is 1. The quantitative estimate of drug-likeness (QED) is 0.544. The number of rotatable bonds is 2. The van der Waals surface area contributed by atoms with Crippen LogP contribution in [0.1, 0.15) is 51.4 Å². The van der Waals surface area contributed by atoms with Crippen molar-refractivity contribution in [3.05, 3.63) is 0 Å². The predicted molar refractivity (Wildman–Crippen MR) is 57.0 cm³/mol. The maximum Gasteiger partial charge on any atom is 0.226 e. The highest BCUT2D eigenvalue weighted by atomic mass is 32.2. The number of hydrogen-bond acceptors (Lipinski definition) is 3. The SMILES string of the molecule is NNS(=O)(=O)C1CCCCCCCC1. The van der Waals surface area contributed by atoms with Gasteiger partial charge in [-0.25, -0.2) is 8.42 Å². The Morgan fingerprint density at radius 3 is 1.79 bits per heavy atom. The summed E-state index contributed by atoms with van der Waals surface area (Å²) in [6.45, 7) is 0. The summed E-state index contributed by atoms with van der Waals surface area (Å²) in [4.78, 5) is 1.95. The van der Waals surface area contributed by atoms with Crippen molar-refractivity contribution in [3.63, 3.8) is 0 Å². The van der Waals surface area contributed by atoms with E-state index in [1.54, 1.807) is 0 Å². The zero-order valence-electron chi connectivity index (χ0n) is 8.54. The standard InChI is InChI=1S/C9H20N2O2S/c10-11-14(12,13)9-7-5-3-1-2-4-6-8-9/h9,11H,1-8,10H2. The normalized spacial score (nSPS) is 22.4. The first kappa shape index (κ1) is 11.9. The molecule has 0 spiro atoms. The first-order chi connectivity index (χ1) is 6.67. The fraction of sp³-hybridized carbons (Fsp3) is 1.00. The lowest BCUT2D eigenvalue weighted by atomic mass is 10.1. The van der Waals surface area contributed by atoms with Gasteiger partial charge in [0.1, 0.15) is 0 Å². The molecule has 0 bridgehead atoms. The molecule has 84 valence electrons. The van der Waals surface area contributed by atoms with Crippen LogP contribution >= 0.6 is 0 Å². The maximum atomic E-state index is 11.5. The summed E-state index contributed by atoms with van der Waals surface area (Å²) >= 11 is 0. The van der Waals surface area contributed by atoms with Crippen LogP contribution in [0.3, 0.4) is 0 Å². The third-order valence-corrected chi connectivity index (χ3v) is 4.58. The van der Waals surface area contributed by atoms with Gasteiger partial charge in [0.2, 0.25) is 10.0 Å². The molecule has 1 aliphatic carbocycles. The lowest BCUT2D eigenvalue weighted by Crippen LogP contribution is -2.38. The fourth-order valence-electron chi connectivity index (χ4n) is 2.00. The molecule has 1 saturated carbocycles. The highest BCUT2D eigenvalue weighted by molar-refractivity contribution is 7.90. The average Bonchev–Trinajstić information content (AvgIpc) is 2.30. The Hall–Kier alpha value is -0.130. The van der Waals surface area contributed by atoms with Crippen molar-refractivity contribution in [2.75, 3.05) is 0 Å². The van der Waals surface area contributed by atoms with Gasteiger partial charge in [-0.15, -0.1) is 0 Å². The van der Waals surface area contributed by atoms with Gasteiger partial charge in [-0.1, -0.05) is 38.5 Å². The Kier molecular flexibility index (Phi) is 4.84. The highest BCUT2D eigenvalue weighted by Gasteiger charge is 2.23. The van der Waals surface area contributed by atoms with E-state index < -0.39 is 10.0 Å². The molecular weight excluding hydrogens is 200 g/mol. The zero-order valence-corrected chi connectivity index (χ0v) is 9.35. The van der Waals surface area contributed by atoms with Crippen molar-refractivity contribution in [1.29, 1.82) is 0 Å². The van der Waals surface area contributed by atoms with E-state index in [1.807, 2.05) is 4.83 Å². The van der Waals surface area contributed by atoms with E-state index in [4.69, 9.17) is 5.84 Å². The van der Waals surface area contributed by atoms with Gasteiger partial charge >= 0.3 is 0 Å². The smallest absolute Gasteiger partial charge is 0.226 e. The van der Waals surface area contributed by atoms with E-state index in [9.17, 15) is 8.42 Å². The van der Waals surface area contributed by atoms with Gasteiger partial charge in [-0.3, -0.25) is 5.84 Å². The van der Waals surface area contributed by atoms with Gasteiger partial charge in [-0.05, 0) is 12.8 Å². The number of nitrogens with one attached hydrogen (secondary N) is 1. The van der Waals surface area contributed by atoms with Gasteiger partial charge < -0.3 is 0 Å². The molecule has 0 unspecified atom stereocenters. The predicted octanol–water partition coefficient (Wildman–Crippen LogP) is 1.28. The van der Waals surface area contributed by atoms with Crippen LogP contribution in [0.25, 0.3) is 0 Å². The van der Waals surface area contributed by atoms with E-state index in [2.05, 4.69) is 0 Å². The number of hydrogen-bond donors (Lipinski definition) is 2. The molecule has 1 aliphatic rings. The first-order valence-corrected chi connectivity index (χ1v) is 6.92. The monoisotopic (exact) mass is 220 g/mol. The van der Waals surface area contributed by atoms with Crippen molar-refractivity contribution in [1.82, 2.24) is 4.83 Å². The molecule has 1 rings (SSSR count). The van der Waals surface area contributed by atoms with E-state index in [0.717, 1.165) is 38.5 Å². The van der Waals surface area contributed by atoms with Gasteiger partial charge in [0, 0.05) is 0 Å². The van der Waals surface area contributed by atoms with Gasteiger partial charge in [-0.2, -0.15) is 4.83 Å². The first-order valence-electron chi connectivity index (χ1n) is 5.38. The summed E-state index contributed by atoms with van der Waals surface area (Å²) in [6, 6.07) is 0. The summed E-state index contributed by atoms with van der Waals surface area (Å²) in [5.74, 6) is 5.03. The second kappa shape index (κ2) is 5.68. The zero-order chi connectivity index (χ0) is 10.4. The summed E-state index contributed by atoms with van der Waals surface area (Å²) in [7, 11) is -3.25. The van der Waals surface area contributed by atoms with E-state index in [0.29, 0.717) is 0 Å². The molecule has 0 amide bonds. The Balaban J connectivity index is 2.56. The van der Waals surface area contributed by atoms with Crippen LogP contribution in [0.15, 0.2) is 0 Å². The minimum atomic E-state index is -3.25. The highest BCUT2D eigenvalue weighted by Crippen LogP contribution is 2.20. The Morgan fingerprint density at radius 1 is 0.929 bits per heavy atom. The minimum absolute atomic E-state index is 0.273.